The fraction of sp³-hybridized carbons (Fsp3) is 0.412. The van der Waals surface area contributed by atoms with Gasteiger partial charge < -0.3 is 14.4 Å². The molecule has 4 rings (SSSR count). The number of ether oxygens (including phenoxy) is 2. The van der Waals surface area contributed by atoms with E-state index in [1.807, 2.05) is 34.0 Å². The Balaban J connectivity index is 1.53. The molecular formula is C17H19N3O3. The summed E-state index contributed by atoms with van der Waals surface area (Å²) in [6.45, 7) is 2.61. The van der Waals surface area contributed by atoms with Crippen LogP contribution in [0.1, 0.15) is 23.2 Å². The highest BCUT2D eigenvalue weighted by Gasteiger charge is 2.30. The maximum Gasteiger partial charge on any atom is 0.254 e. The molecule has 120 valence electrons. The summed E-state index contributed by atoms with van der Waals surface area (Å²) in [6, 6.07) is 7.53. The molecule has 3 heterocycles. The van der Waals surface area contributed by atoms with E-state index in [0.29, 0.717) is 30.3 Å². The lowest BCUT2D eigenvalue weighted by molar-refractivity contribution is 0.0720. The molecule has 0 N–H and O–H groups in total. The van der Waals surface area contributed by atoms with Crippen molar-refractivity contribution < 1.29 is 14.3 Å². The topological polar surface area (TPSA) is 56.6 Å². The van der Waals surface area contributed by atoms with Gasteiger partial charge in [0.25, 0.3) is 5.91 Å². The minimum atomic E-state index is 0.0524. The smallest absolute Gasteiger partial charge is 0.254 e. The number of aromatic nitrogens is 2. The largest absolute Gasteiger partial charge is 0.486 e. The van der Waals surface area contributed by atoms with Gasteiger partial charge in [-0.2, -0.15) is 5.10 Å². The molecule has 1 amide bonds. The number of rotatable bonds is 3. The van der Waals surface area contributed by atoms with Crippen molar-refractivity contribution in [1.82, 2.24) is 14.7 Å². The first-order valence-electron chi connectivity index (χ1n) is 7.99. The van der Waals surface area contributed by atoms with Gasteiger partial charge in [-0.3, -0.25) is 9.48 Å². The standard InChI is InChI=1S/C17H19N3O3/c21-17(13-4-5-15-16(11-13)23-10-9-22-15)20-8-1-3-14(20)12-19-7-2-6-18-19/h2,4-7,11,14H,1,3,8-10,12H2/t14-/m1/s1. The van der Waals surface area contributed by atoms with Crippen molar-refractivity contribution in [2.24, 2.45) is 0 Å². The molecule has 1 aromatic heterocycles. The molecule has 0 bridgehead atoms. The highest BCUT2D eigenvalue weighted by molar-refractivity contribution is 5.95. The molecule has 0 saturated carbocycles. The van der Waals surface area contributed by atoms with E-state index >= 15 is 0 Å². The lowest BCUT2D eigenvalue weighted by Crippen LogP contribution is -2.38. The minimum Gasteiger partial charge on any atom is -0.486 e. The maximum atomic E-state index is 12.9. The van der Waals surface area contributed by atoms with Crippen LogP contribution in [0.5, 0.6) is 11.5 Å². The zero-order chi connectivity index (χ0) is 15.6. The monoisotopic (exact) mass is 313 g/mol. The summed E-state index contributed by atoms with van der Waals surface area (Å²) in [5.74, 6) is 1.42. The molecule has 0 radical (unpaired) electrons. The Morgan fingerprint density at radius 2 is 2.13 bits per heavy atom. The molecule has 23 heavy (non-hydrogen) atoms. The third-order valence-electron chi connectivity index (χ3n) is 4.38. The molecule has 2 aromatic rings. The predicted octanol–water partition coefficient (Wildman–Crippen LogP) is 1.96. The highest BCUT2D eigenvalue weighted by Crippen LogP contribution is 2.32. The van der Waals surface area contributed by atoms with E-state index in [1.165, 1.54) is 0 Å². The normalized spacial score (nSPS) is 19.8. The van der Waals surface area contributed by atoms with Crippen molar-refractivity contribution in [3.8, 4) is 11.5 Å². The highest BCUT2D eigenvalue weighted by atomic mass is 16.6. The molecule has 6 heteroatoms. The van der Waals surface area contributed by atoms with E-state index < -0.39 is 0 Å². The van der Waals surface area contributed by atoms with Gasteiger partial charge in [-0.25, -0.2) is 0 Å². The summed E-state index contributed by atoms with van der Waals surface area (Å²) in [7, 11) is 0. The SMILES string of the molecule is O=C(c1ccc2c(c1)OCCO2)N1CCC[C@@H]1Cn1cccn1. The van der Waals surface area contributed by atoms with Crippen LogP contribution in [0.3, 0.4) is 0 Å². The fourth-order valence-corrected chi connectivity index (χ4v) is 3.26. The number of nitrogens with zero attached hydrogens (tertiary/aromatic N) is 3. The molecule has 0 aliphatic carbocycles. The van der Waals surface area contributed by atoms with Crippen molar-refractivity contribution in [2.75, 3.05) is 19.8 Å². The number of benzene rings is 1. The van der Waals surface area contributed by atoms with Crippen LogP contribution in [0.4, 0.5) is 0 Å². The van der Waals surface area contributed by atoms with E-state index in [9.17, 15) is 4.79 Å². The second-order valence-corrected chi connectivity index (χ2v) is 5.88. The number of hydrogen-bond donors (Lipinski definition) is 0. The van der Waals surface area contributed by atoms with E-state index in [2.05, 4.69) is 5.10 Å². The Labute approximate surface area is 134 Å². The molecule has 1 saturated heterocycles. The van der Waals surface area contributed by atoms with Crippen LogP contribution >= 0.6 is 0 Å². The van der Waals surface area contributed by atoms with E-state index in [0.717, 1.165) is 25.9 Å². The molecule has 1 fully saturated rings. The molecule has 1 aromatic carbocycles. The summed E-state index contributed by atoms with van der Waals surface area (Å²) in [4.78, 5) is 14.8. The minimum absolute atomic E-state index is 0.0524. The zero-order valence-electron chi connectivity index (χ0n) is 12.9. The number of carbonyl (C=O) groups excluding carboxylic acids is 1. The molecular weight excluding hydrogens is 294 g/mol. The first-order chi connectivity index (χ1) is 11.3. The number of likely N-dealkylation sites (tertiary alicyclic amines) is 1. The van der Waals surface area contributed by atoms with Gasteiger partial charge >= 0.3 is 0 Å². The van der Waals surface area contributed by atoms with Gasteiger partial charge in [-0.05, 0) is 37.1 Å². The first-order valence-corrected chi connectivity index (χ1v) is 7.99. The van der Waals surface area contributed by atoms with E-state index in [1.54, 1.807) is 12.3 Å². The van der Waals surface area contributed by atoms with Crippen LogP contribution in [0.15, 0.2) is 36.7 Å². The first kappa shape index (κ1) is 14.1. The van der Waals surface area contributed by atoms with Gasteiger partial charge in [0.15, 0.2) is 11.5 Å². The van der Waals surface area contributed by atoms with Crippen LogP contribution in [-0.4, -0.2) is 46.4 Å². The van der Waals surface area contributed by atoms with Gasteiger partial charge in [0.1, 0.15) is 13.2 Å². The summed E-state index contributed by atoms with van der Waals surface area (Å²) in [5, 5.41) is 4.25. The Kier molecular flexibility index (Phi) is 3.65. The van der Waals surface area contributed by atoms with Crippen LogP contribution in [-0.2, 0) is 6.54 Å². The van der Waals surface area contributed by atoms with E-state index in [4.69, 9.17) is 9.47 Å². The summed E-state index contributed by atoms with van der Waals surface area (Å²) in [6.07, 6.45) is 5.74. The summed E-state index contributed by atoms with van der Waals surface area (Å²) < 4.78 is 13.0. The van der Waals surface area contributed by atoms with Gasteiger partial charge in [0.2, 0.25) is 0 Å². The average molecular weight is 313 g/mol. The number of carbonyl (C=O) groups is 1. The Morgan fingerprint density at radius 1 is 1.26 bits per heavy atom. The Hall–Kier alpha value is -2.50. The fourth-order valence-electron chi connectivity index (χ4n) is 3.26. The van der Waals surface area contributed by atoms with Gasteiger partial charge in [-0.1, -0.05) is 0 Å². The van der Waals surface area contributed by atoms with Crippen molar-refractivity contribution in [3.63, 3.8) is 0 Å². The van der Waals surface area contributed by atoms with Crippen LogP contribution in [0.2, 0.25) is 0 Å². The van der Waals surface area contributed by atoms with Crippen molar-refractivity contribution in [2.45, 2.75) is 25.4 Å². The second-order valence-electron chi connectivity index (χ2n) is 5.88. The molecule has 6 nitrogen and oxygen atoms in total. The third kappa shape index (κ3) is 2.76. The number of amides is 1. The number of fused-ring (bicyclic) bond motifs is 1. The maximum absolute atomic E-state index is 12.9. The zero-order valence-corrected chi connectivity index (χ0v) is 12.9. The molecule has 2 aliphatic rings. The Bertz CT molecular complexity index is 699. The van der Waals surface area contributed by atoms with E-state index in [-0.39, 0.29) is 11.9 Å². The Morgan fingerprint density at radius 3 is 2.96 bits per heavy atom. The lowest BCUT2D eigenvalue weighted by Gasteiger charge is -2.25. The van der Waals surface area contributed by atoms with Crippen LogP contribution in [0, 0.1) is 0 Å². The second kappa shape index (κ2) is 5.95. The predicted molar refractivity (Wildman–Crippen MR) is 83.7 cm³/mol. The van der Waals surface area contributed by atoms with Gasteiger partial charge in [0, 0.05) is 24.5 Å². The number of hydrogen-bond acceptors (Lipinski definition) is 4. The van der Waals surface area contributed by atoms with Crippen LogP contribution < -0.4 is 9.47 Å². The lowest BCUT2D eigenvalue weighted by atomic mass is 10.1. The summed E-state index contributed by atoms with van der Waals surface area (Å²) in [5.41, 5.74) is 0.654. The molecule has 1 atom stereocenters. The molecule has 0 spiro atoms. The quantitative estimate of drug-likeness (QED) is 0.869. The van der Waals surface area contributed by atoms with Gasteiger partial charge in [-0.15, -0.1) is 0 Å². The van der Waals surface area contributed by atoms with Crippen molar-refractivity contribution in [1.29, 1.82) is 0 Å². The van der Waals surface area contributed by atoms with Crippen molar-refractivity contribution in [3.05, 3.63) is 42.2 Å². The van der Waals surface area contributed by atoms with Crippen LogP contribution in [0.25, 0.3) is 0 Å². The molecule has 2 aliphatic heterocycles. The van der Waals surface area contributed by atoms with Gasteiger partial charge in [0.05, 0.1) is 12.6 Å². The molecule has 0 unspecified atom stereocenters. The summed E-state index contributed by atoms with van der Waals surface area (Å²) >= 11 is 0. The average Bonchev–Trinajstić information content (AvgIpc) is 3.26. The third-order valence-corrected chi connectivity index (χ3v) is 4.38. The van der Waals surface area contributed by atoms with Crippen molar-refractivity contribution >= 4 is 5.91 Å².